The van der Waals surface area contributed by atoms with Gasteiger partial charge in [0.05, 0.1) is 5.60 Å². The standard InChI is InChI=1S/C11H24N2O2/c1-11(14,5-7-15-2)9-12-8-10-4-3-6-13-10/h10,12-14H,3-9H2,1-2H3. The molecular formula is C11H24N2O2. The van der Waals surface area contributed by atoms with Crippen LogP contribution in [0.15, 0.2) is 0 Å². The lowest BCUT2D eigenvalue weighted by Gasteiger charge is -2.24. The third-order valence-electron chi connectivity index (χ3n) is 2.90. The topological polar surface area (TPSA) is 53.5 Å². The number of aliphatic hydroxyl groups is 1. The first-order chi connectivity index (χ1) is 7.14. The summed E-state index contributed by atoms with van der Waals surface area (Å²) in [5.74, 6) is 0. The van der Waals surface area contributed by atoms with E-state index < -0.39 is 5.60 Å². The SMILES string of the molecule is COCCC(C)(O)CNCC1CCCN1. The molecule has 1 aliphatic heterocycles. The minimum absolute atomic E-state index is 0.586. The van der Waals surface area contributed by atoms with Gasteiger partial charge in [0.1, 0.15) is 0 Å². The molecule has 1 heterocycles. The summed E-state index contributed by atoms with van der Waals surface area (Å²) in [6, 6.07) is 0.586. The summed E-state index contributed by atoms with van der Waals surface area (Å²) in [4.78, 5) is 0. The molecule has 0 radical (unpaired) electrons. The van der Waals surface area contributed by atoms with Crippen molar-refractivity contribution in [1.82, 2.24) is 10.6 Å². The predicted molar refractivity (Wildman–Crippen MR) is 61.0 cm³/mol. The predicted octanol–water partition coefficient (Wildman–Crippen LogP) is 0.116. The molecule has 15 heavy (non-hydrogen) atoms. The van der Waals surface area contributed by atoms with Crippen LogP contribution in [0.25, 0.3) is 0 Å². The number of nitrogens with one attached hydrogen (secondary N) is 2. The van der Waals surface area contributed by atoms with Crippen LogP contribution in [0.1, 0.15) is 26.2 Å². The lowest BCUT2D eigenvalue weighted by atomic mass is 10.0. The highest BCUT2D eigenvalue weighted by atomic mass is 16.5. The van der Waals surface area contributed by atoms with Gasteiger partial charge in [-0.3, -0.25) is 0 Å². The summed E-state index contributed by atoms with van der Waals surface area (Å²) in [5.41, 5.74) is -0.658. The molecule has 0 aromatic heterocycles. The second kappa shape index (κ2) is 6.43. The van der Waals surface area contributed by atoms with Gasteiger partial charge in [-0.25, -0.2) is 0 Å². The van der Waals surface area contributed by atoms with E-state index in [0.29, 0.717) is 25.6 Å². The number of hydrogen-bond acceptors (Lipinski definition) is 4. The van der Waals surface area contributed by atoms with Gasteiger partial charge >= 0.3 is 0 Å². The molecule has 90 valence electrons. The van der Waals surface area contributed by atoms with Crippen LogP contribution < -0.4 is 10.6 Å². The third kappa shape index (κ3) is 5.47. The van der Waals surface area contributed by atoms with Crippen molar-refractivity contribution in [2.75, 3.05) is 33.4 Å². The minimum atomic E-state index is -0.658. The average molecular weight is 216 g/mol. The monoisotopic (exact) mass is 216 g/mol. The van der Waals surface area contributed by atoms with Crippen molar-refractivity contribution in [2.45, 2.75) is 37.8 Å². The van der Waals surface area contributed by atoms with Crippen LogP contribution in [-0.4, -0.2) is 50.1 Å². The van der Waals surface area contributed by atoms with Crippen LogP contribution in [0.3, 0.4) is 0 Å². The van der Waals surface area contributed by atoms with E-state index in [9.17, 15) is 5.11 Å². The molecule has 0 bridgehead atoms. The van der Waals surface area contributed by atoms with E-state index in [1.165, 1.54) is 12.8 Å². The molecule has 1 aliphatic rings. The third-order valence-corrected chi connectivity index (χ3v) is 2.90. The van der Waals surface area contributed by atoms with Gasteiger partial charge in [0, 0.05) is 39.3 Å². The molecule has 1 saturated heterocycles. The van der Waals surface area contributed by atoms with Gasteiger partial charge in [0.15, 0.2) is 0 Å². The maximum atomic E-state index is 9.96. The lowest BCUT2D eigenvalue weighted by Crippen LogP contribution is -2.43. The largest absolute Gasteiger partial charge is 0.389 e. The first-order valence-electron chi connectivity index (χ1n) is 5.79. The maximum Gasteiger partial charge on any atom is 0.0765 e. The van der Waals surface area contributed by atoms with Gasteiger partial charge in [-0.05, 0) is 26.3 Å². The van der Waals surface area contributed by atoms with E-state index in [0.717, 1.165) is 13.1 Å². The molecule has 0 spiro atoms. The van der Waals surface area contributed by atoms with Crippen molar-refractivity contribution in [3.05, 3.63) is 0 Å². The molecule has 0 amide bonds. The Hall–Kier alpha value is -0.160. The summed E-state index contributed by atoms with van der Waals surface area (Å²) in [6.07, 6.45) is 3.19. The molecule has 4 heteroatoms. The van der Waals surface area contributed by atoms with Crippen LogP contribution >= 0.6 is 0 Å². The number of hydrogen-bond donors (Lipinski definition) is 3. The Morgan fingerprint density at radius 3 is 3.00 bits per heavy atom. The molecular weight excluding hydrogens is 192 g/mol. The quantitative estimate of drug-likeness (QED) is 0.565. The second-order valence-corrected chi connectivity index (χ2v) is 4.66. The first-order valence-corrected chi connectivity index (χ1v) is 5.79. The highest BCUT2D eigenvalue weighted by molar-refractivity contribution is 4.80. The summed E-state index contributed by atoms with van der Waals surface area (Å²) < 4.78 is 4.96. The van der Waals surface area contributed by atoms with E-state index >= 15 is 0 Å². The van der Waals surface area contributed by atoms with Crippen molar-refractivity contribution < 1.29 is 9.84 Å². The van der Waals surface area contributed by atoms with E-state index in [-0.39, 0.29) is 0 Å². The maximum absolute atomic E-state index is 9.96. The molecule has 0 aliphatic carbocycles. The van der Waals surface area contributed by atoms with Crippen LogP contribution in [0.4, 0.5) is 0 Å². The van der Waals surface area contributed by atoms with Crippen molar-refractivity contribution in [3.63, 3.8) is 0 Å². The summed E-state index contributed by atoms with van der Waals surface area (Å²) in [5, 5.41) is 16.7. The normalized spacial score (nSPS) is 25.4. The zero-order valence-corrected chi connectivity index (χ0v) is 9.88. The second-order valence-electron chi connectivity index (χ2n) is 4.66. The summed E-state index contributed by atoms with van der Waals surface area (Å²) >= 11 is 0. The van der Waals surface area contributed by atoms with Gasteiger partial charge in [-0.1, -0.05) is 0 Å². The van der Waals surface area contributed by atoms with E-state index in [4.69, 9.17) is 4.74 Å². The Kier molecular flexibility index (Phi) is 5.53. The Morgan fingerprint density at radius 1 is 1.60 bits per heavy atom. The van der Waals surface area contributed by atoms with Crippen LogP contribution in [0.2, 0.25) is 0 Å². The van der Waals surface area contributed by atoms with Gasteiger partial charge in [-0.2, -0.15) is 0 Å². The number of rotatable bonds is 7. The van der Waals surface area contributed by atoms with Gasteiger partial charge in [0.25, 0.3) is 0 Å². The van der Waals surface area contributed by atoms with E-state index in [1.807, 2.05) is 6.92 Å². The Labute approximate surface area is 92.4 Å². The summed E-state index contributed by atoms with van der Waals surface area (Å²) in [6.45, 7) is 5.17. The Morgan fingerprint density at radius 2 is 2.40 bits per heavy atom. The fourth-order valence-corrected chi connectivity index (χ4v) is 1.86. The highest BCUT2D eigenvalue weighted by Gasteiger charge is 2.20. The van der Waals surface area contributed by atoms with E-state index in [2.05, 4.69) is 10.6 Å². The van der Waals surface area contributed by atoms with Gasteiger partial charge in [-0.15, -0.1) is 0 Å². The minimum Gasteiger partial charge on any atom is -0.389 e. The molecule has 4 nitrogen and oxygen atoms in total. The zero-order chi connectivity index (χ0) is 11.1. The van der Waals surface area contributed by atoms with Crippen molar-refractivity contribution >= 4 is 0 Å². The van der Waals surface area contributed by atoms with E-state index in [1.54, 1.807) is 7.11 Å². The Balaban J connectivity index is 2.06. The summed E-state index contributed by atoms with van der Waals surface area (Å²) in [7, 11) is 1.66. The molecule has 2 unspecified atom stereocenters. The van der Waals surface area contributed by atoms with Gasteiger partial charge in [0.2, 0.25) is 0 Å². The molecule has 0 saturated carbocycles. The number of ether oxygens (including phenoxy) is 1. The fourth-order valence-electron chi connectivity index (χ4n) is 1.86. The first kappa shape index (κ1) is 12.9. The van der Waals surface area contributed by atoms with Crippen LogP contribution in [0.5, 0.6) is 0 Å². The molecule has 0 aromatic carbocycles. The van der Waals surface area contributed by atoms with Crippen molar-refractivity contribution in [2.24, 2.45) is 0 Å². The smallest absolute Gasteiger partial charge is 0.0765 e. The van der Waals surface area contributed by atoms with Crippen LogP contribution in [0, 0.1) is 0 Å². The highest BCUT2D eigenvalue weighted by Crippen LogP contribution is 2.08. The van der Waals surface area contributed by atoms with Crippen molar-refractivity contribution in [3.8, 4) is 0 Å². The molecule has 2 atom stereocenters. The molecule has 1 fully saturated rings. The van der Waals surface area contributed by atoms with Crippen LogP contribution in [-0.2, 0) is 4.74 Å². The van der Waals surface area contributed by atoms with Crippen molar-refractivity contribution in [1.29, 1.82) is 0 Å². The lowest BCUT2D eigenvalue weighted by molar-refractivity contribution is 0.0248. The molecule has 1 rings (SSSR count). The molecule has 0 aromatic rings. The average Bonchev–Trinajstić information content (AvgIpc) is 2.67. The van der Waals surface area contributed by atoms with Gasteiger partial charge < -0.3 is 20.5 Å². The molecule has 3 N–H and O–H groups in total. The fraction of sp³-hybridized carbons (Fsp3) is 1.00. The Bertz CT molecular complexity index is 168. The number of methoxy groups -OCH3 is 1. The zero-order valence-electron chi connectivity index (χ0n) is 9.88.